The molecule has 6 aromatic rings. The second-order valence-electron chi connectivity index (χ2n) is 6.96. The summed E-state index contributed by atoms with van der Waals surface area (Å²) in [6, 6.07) is 28.7. The first kappa shape index (κ1) is 15.7. The van der Waals surface area contributed by atoms with Crippen LogP contribution in [0.4, 0.5) is 0 Å². The summed E-state index contributed by atoms with van der Waals surface area (Å²) in [5.41, 5.74) is 2.62. The molecule has 0 aliphatic rings. The molecule has 1 heterocycles. The molecule has 0 amide bonds. The number of rotatable bonds is 1. The smallest absolute Gasteiger partial charge is 0.227 e. The van der Waals surface area contributed by atoms with Gasteiger partial charge in [0.05, 0.1) is 0 Å². The van der Waals surface area contributed by atoms with Crippen molar-refractivity contribution in [2.45, 2.75) is 0 Å². The van der Waals surface area contributed by atoms with E-state index in [2.05, 4.69) is 36.4 Å². The van der Waals surface area contributed by atoms with Crippen LogP contribution in [0.3, 0.4) is 0 Å². The highest BCUT2D eigenvalue weighted by Crippen LogP contribution is 2.40. The highest BCUT2D eigenvalue weighted by atomic mass is 35.5. The van der Waals surface area contributed by atoms with Crippen LogP contribution in [-0.4, -0.2) is 4.98 Å². The molecule has 0 N–H and O–H groups in total. The number of nitrogens with zero attached hydrogens (tertiary/aromatic N) is 1. The number of halogens is 1. The van der Waals surface area contributed by atoms with Gasteiger partial charge < -0.3 is 4.42 Å². The van der Waals surface area contributed by atoms with Gasteiger partial charge in [0.25, 0.3) is 0 Å². The molecule has 0 fully saturated rings. The van der Waals surface area contributed by atoms with Gasteiger partial charge in [0.1, 0.15) is 5.52 Å². The number of hydrogen-bond acceptors (Lipinski definition) is 2. The Hall–Kier alpha value is -3.36. The summed E-state index contributed by atoms with van der Waals surface area (Å²) in [5, 5.41) is 7.34. The number of hydrogen-bond donors (Lipinski definition) is 0. The van der Waals surface area contributed by atoms with E-state index in [4.69, 9.17) is 21.0 Å². The first-order valence-electron chi connectivity index (χ1n) is 9.18. The molecule has 2 nitrogen and oxygen atoms in total. The fraction of sp³-hybridized carbons (Fsp3) is 0. The molecule has 28 heavy (non-hydrogen) atoms. The Kier molecular flexibility index (Phi) is 3.26. The number of benzene rings is 5. The van der Waals surface area contributed by atoms with Gasteiger partial charge in [-0.05, 0) is 40.4 Å². The summed E-state index contributed by atoms with van der Waals surface area (Å²) in [6.07, 6.45) is 0. The maximum Gasteiger partial charge on any atom is 0.227 e. The predicted molar refractivity (Wildman–Crippen MR) is 117 cm³/mol. The summed E-state index contributed by atoms with van der Waals surface area (Å²) in [6.45, 7) is 0. The average molecular weight is 380 g/mol. The summed E-state index contributed by atoms with van der Waals surface area (Å²) < 4.78 is 6.31. The molecule has 5 aromatic carbocycles. The molecule has 0 aliphatic carbocycles. The van der Waals surface area contributed by atoms with E-state index in [9.17, 15) is 0 Å². The fourth-order valence-corrected chi connectivity index (χ4v) is 4.32. The van der Waals surface area contributed by atoms with Crippen molar-refractivity contribution in [1.82, 2.24) is 4.98 Å². The lowest BCUT2D eigenvalue weighted by molar-refractivity contribution is 0.623. The molecule has 3 heteroatoms. The van der Waals surface area contributed by atoms with Crippen molar-refractivity contribution in [3.8, 4) is 11.5 Å². The second kappa shape index (κ2) is 5.82. The van der Waals surface area contributed by atoms with Crippen LogP contribution in [0.1, 0.15) is 0 Å². The zero-order chi connectivity index (χ0) is 18.7. The minimum absolute atomic E-state index is 0.631. The number of fused-ring (bicyclic) bond motifs is 7. The van der Waals surface area contributed by atoms with Crippen LogP contribution in [0.15, 0.2) is 89.3 Å². The SMILES string of the molecule is Clc1cc2ccccc2c2c1ccc1ccc3nc(-c4ccccc4)oc3c12. The Morgan fingerprint density at radius 2 is 1.46 bits per heavy atom. The molecule has 0 atom stereocenters. The summed E-state index contributed by atoms with van der Waals surface area (Å²) in [5.74, 6) is 0.631. The van der Waals surface area contributed by atoms with Gasteiger partial charge in [-0.15, -0.1) is 0 Å². The average Bonchev–Trinajstić information content (AvgIpc) is 3.18. The number of aromatic nitrogens is 1. The summed E-state index contributed by atoms with van der Waals surface area (Å²) in [7, 11) is 0. The zero-order valence-electron chi connectivity index (χ0n) is 14.8. The van der Waals surface area contributed by atoms with Crippen LogP contribution in [0.25, 0.3) is 54.9 Å². The van der Waals surface area contributed by atoms with Crippen LogP contribution in [0, 0.1) is 0 Å². The Morgan fingerprint density at radius 3 is 2.36 bits per heavy atom. The molecule has 6 rings (SSSR count). The first-order chi connectivity index (χ1) is 13.8. The lowest BCUT2D eigenvalue weighted by Gasteiger charge is -2.10. The van der Waals surface area contributed by atoms with Crippen molar-refractivity contribution in [3.63, 3.8) is 0 Å². The topological polar surface area (TPSA) is 26.0 Å². The fourth-order valence-electron chi connectivity index (χ4n) is 4.04. The van der Waals surface area contributed by atoms with E-state index in [1.165, 1.54) is 0 Å². The van der Waals surface area contributed by atoms with E-state index in [0.717, 1.165) is 54.0 Å². The van der Waals surface area contributed by atoms with Crippen LogP contribution >= 0.6 is 11.6 Å². The minimum atomic E-state index is 0.631. The third-order valence-electron chi connectivity index (χ3n) is 5.33. The van der Waals surface area contributed by atoms with E-state index < -0.39 is 0 Å². The Morgan fingerprint density at radius 1 is 0.679 bits per heavy atom. The highest BCUT2D eigenvalue weighted by Gasteiger charge is 2.16. The highest BCUT2D eigenvalue weighted by molar-refractivity contribution is 6.40. The molecule has 1 aromatic heterocycles. The van der Waals surface area contributed by atoms with Gasteiger partial charge in [-0.3, -0.25) is 0 Å². The van der Waals surface area contributed by atoms with Crippen LogP contribution in [0.5, 0.6) is 0 Å². The zero-order valence-corrected chi connectivity index (χ0v) is 15.6. The molecule has 0 spiro atoms. The Labute approximate surface area is 166 Å². The molecule has 0 radical (unpaired) electrons. The third-order valence-corrected chi connectivity index (χ3v) is 5.64. The van der Waals surface area contributed by atoms with E-state index in [0.29, 0.717) is 5.89 Å². The van der Waals surface area contributed by atoms with Gasteiger partial charge in [-0.2, -0.15) is 0 Å². The van der Waals surface area contributed by atoms with Gasteiger partial charge in [0, 0.05) is 26.7 Å². The lowest BCUT2D eigenvalue weighted by atomic mass is 9.96. The molecule has 0 saturated carbocycles. The number of oxazole rings is 1. The van der Waals surface area contributed by atoms with Crippen molar-refractivity contribution in [1.29, 1.82) is 0 Å². The van der Waals surface area contributed by atoms with E-state index in [1.54, 1.807) is 0 Å². The van der Waals surface area contributed by atoms with Gasteiger partial charge >= 0.3 is 0 Å². The second-order valence-corrected chi connectivity index (χ2v) is 7.37. The van der Waals surface area contributed by atoms with E-state index in [-0.39, 0.29) is 0 Å². The molecular formula is C25H14ClNO. The molecule has 0 aliphatic heterocycles. The van der Waals surface area contributed by atoms with Gasteiger partial charge in [-0.1, -0.05) is 72.3 Å². The molecular weight excluding hydrogens is 366 g/mol. The van der Waals surface area contributed by atoms with E-state index in [1.807, 2.05) is 48.5 Å². The van der Waals surface area contributed by atoms with E-state index >= 15 is 0 Å². The van der Waals surface area contributed by atoms with Gasteiger partial charge in [-0.25, -0.2) is 4.98 Å². The van der Waals surface area contributed by atoms with Gasteiger partial charge in [0.15, 0.2) is 5.58 Å². The largest absolute Gasteiger partial charge is 0.435 e. The van der Waals surface area contributed by atoms with Crippen molar-refractivity contribution >= 4 is 55.0 Å². The van der Waals surface area contributed by atoms with Crippen LogP contribution < -0.4 is 0 Å². The van der Waals surface area contributed by atoms with Crippen LogP contribution in [0.2, 0.25) is 5.02 Å². The van der Waals surface area contributed by atoms with Gasteiger partial charge in [0.2, 0.25) is 5.89 Å². The van der Waals surface area contributed by atoms with Crippen LogP contribution in [-0.2, 0) is 0 Å². The maximum atomic E-state index is 6.64. The predicted octanol–water partition coefficient (Wildman–Crippen LogP) is 7.61. The normalized spacial score (nSPS) is 11.8. The standard InChI is InChI=1S/C25H14ClNO/c26-20-14-17-8-4-5-9-18(17)23-19(20)12-10-15-11-13-21-24(22(15)23)28-25(27-21)16-6-2-1-3-7-16/h1-14H. The monoisotopic (exact) mass is 379 g/mol. The van der Waals surface area contributed by atoms with Crippen molar-refractivity contribution in [3.05, 3.63) is 90.0 Å². The summed E-state index contributed by atoms with van der Waals surface area (Å²) >= 11 is 6.64. The first-order valence-corrected chi connectivity index (χ1v) is 9.56. The summed E-state index contributed by atoms with van der Waals surface area (Å²) in [4.78, 5) is 4.74. The quantitative estimate of drug-likeness (QED) is 0.275. The Bertz CT molecular complexity index is 1520. The lowest BCUT2D eigenvalue weighted by Crippen LogP contribution is -1.83. The van der Waals surface area contributed by atoms with Crippen molar-refractivity contribution < 1.29 is 4.42 Å². The third kappa shape index (κ3) is 2.19. The minimum Gasteiger partial charge on any atom is -0.435 e. The molecule has 132 valence electrons. The molecule has 0 saturated heterocycles. The maximum absolute atomic E-state index is 6.64. The molecule has 0 bridgehead atoms. The molecule has 0 unspecified atom stereocenters. The Balaban J connectivity index is 1.84. The van der Waals surface area contributed by atoms with Crippen molar-refractivity contribution in [2.24, 2.45) is 0 Å². The van der Waals surface area contributed by atoms with Crippen molar-refractivity contribution in [2.75, 3.05) is 0 Å².